The van der Waals surface area contributed by atoms with Crippen molar-refractivity contribution in [1.82, 2.24) is 15.6 Å². The highest BCUT2D eigenvalue weighted by Crippen LogP contribution is 2.49. The minimum absolute atomic E-state index is 0.197. The first-order chi connectivity index (χ1) is 10.6. The molecular weight excluding hydrogens is 274 g/mol. The number of carbonyl (C=O) groups excluding carboxylic acids is 1. The van der Waals surface area contributed by atoms with Crippen molar-refractivity contribution in [3.63, 3.8) is 0 Å². The molecule has 1 saturated carbocycles. The zero-order valence-electron chi connectivity index (χ0n) is 13.0. The number of para-hydroxylation sites is 1. The Morgan fingerprint density at radius 2 is 1.95 bits per heavy atom. The van der Waals surface area contributed by atoms with Gasteiger partial charge in [0, 0.05) is 17.5 Å². The highest BCUT2D eigenvalue weighted by Gasteiger charge is 2.57. The highest BCUT2D eigenvalue weighted by molar-refractivity contribution is 5.86. The average Bonchev–Trinajstić information content (AvgIpc) is 3.00. The van der Waals surface area contributed by atoms with E-state index in [4.69, 9.17) is 0 Å². The number of carbonyl (C=O) groups is 1. The molecule has 0 unspecified atom stereocenters. The van der Waals surface area contributed by atoms with Gasteiger partial charge in [-0.05, 0) is 56.5 Å². The number of aromatic nitrogens is 1. The summed E-state index contributed by atoms with van der Waals surface area (Å²) in [5.74, 6) is 1.49. The molecule has 2 heterocycles. The molecule has 0 bridgehead atoms. The molecule has 1 aromatic carbocycles. The quantitative estimate of drug-likeness (QED) is 0.911. The number of benzene rings is 1. The molecule has 22 heavy (non-hydrogen) atoms. The first-order valence-corrected chi connectivity index (χ1v) is 7.95. The summed E-state index contributed by atoms with van der Waals surface area (Å²) in [6.45, 7) is 6.12. The van der Waals surface area contributed by atoms with Gasteiger partial charge in [0.25, 0.3) is 0 Å². The summed E-state index contributed by atoms with van der Waals surface area (Å²) >= 11 is 0. The van der Waals surface area contributed by atoms with Crippen molar-refractivity contribution < 1.29 is 4.79 Å². The molecule has 1 aromatic heterocycles. The fraction of sp³-hybridized carbons (Fsp3) is 0.444. The summed E-state index contributed by atoms with van der Waals surface area (Å²) in [7, 11) is 0. The van der Waals surface area contributed by atoms with Crippen molar-refractivity contribution >= 4 is 16.8 Å². The molecule has 1 aliphatic heterocycles. The van der Waals surface area contributed by atoms with Crippen LogP contribution in [-0.4, -0.2) is 24.0 Å². The summed E-state index contributed by atoms with van der Waals surface area (Å²) in [4.78, 5) is 17.0. The van der Waals surface area contributed by atoms with Crippen LogP contribution in [0, 0.1) is 17.8 Å². The van der Waals surface area contributed by atoms with Crippen LogP contribution in [0.2, 0.25) is 0 Å². The van der Waals surface area contributed by atoms with Gasteiger partial charge in [-0.25, -0.2) is 0 Å². The van der Waals surface area contributed by atoms with Gasteiger partial charge in [-0.2, -0.15) is 0 Å². The number of fused-ring (bicyclic) bond motifs is 2. The molecule has 4 nitrogen and oxygen atoms in total. The lowest BCUT2D eigenvalue weighted by Crippen LogP contribution is -2.43. The van der Waals surface area contributed by atoms with E-state index in [9.17, 15) is 4.79 Å². The van der Waals surface area contributed by atoms with Crippen molar-refractivity contribution in [3.8, 4) is 0 Å². The summed E-state index contributed by atoms with van der Waals surface area (Å²) in [6, 6.07) is 10.1. The van der Waals surface area contributed by atoms with Crippen molar-refractivity contribution in [1.29, 1.82) is 0 Å². The van der Waals surface area contributed by atoms with E-state index in [0.717, 1.165) is 29.6 Å². The van der Waals surface area contributed by atoms with Gasteiger partial charge in [-0.3, -0.25) is 9.78 Å². The molecule has 4 rings (SSSR count). The minimum atomic E-state index is -0.399. The molecule has 2 fully saturated rings. The number of amides is 1. The Morgan fingerprint density at radius 3 is 2.73 bits per heavy atom. The van der Waals surface area contributed by atoms with Gasteiger partial charge in [0.05, 0.1) is 11.1 Å². The topological polar surface area (TPSA) is 54.0 Å². The van der Waals surface area contributed by atoms with E-state index in [1.54, 1.807) is 0 Å². The monoisotopic (exact) mass is 295 g/mol. The Hall–Kier alpha value is -1.94. The van der Waals surface area contributed by atoms with Gasteiger partial charge >= 0.3 is 0 Å². The SMILES string of the molecule is CC(C)(NC(=O)[C@H]1[C@@H]2CNC[C@@H]21)c1ccnc2ccccc12. The lowest BCUT2D eigenvalue weighted by Gasteiger charge is -2.28. The van der Waals surface area contributed by atoms with Crippen LogP contribution in [0.25, 0.3) is 10.9 Å². The van der Waals surface area contributed by atoms with E-state index in [1.165, 1.54) is 0 Å². The van der Waals surface area contributed by atoms with E-state index in [2.05, 4.69) is 35.5 Å². The second-order valence-corrected chi connectivity index (χ2v) is 7.00. The van der Waals surface area contributed by atoms with Crippen LogP contribution in [0.1, 0.15) is 19.4 Å². The van der Waals surface area contributed by atoms with Crippen molar-refractivity contribution in [2.24, 2.45) is 17.8 Å². The lowest BCUT2D eigenvalue weighted by atomic mass is 9.91. The molecule has 3 atom stereocenters. The van der Waals surface area contributed by atoms with Crippen LogP contribution in [0.4, 0.5) is 0 Å². The molecule has 1 aliphatic carbocycles. The normalized spacial score (nSPS) is 26.7. The maximum absolute atomic E-state index is 12.6. The van der Waals surface area contributed by atoms with Crippen LogP contribution in [-0.2, 0) is 10.3 Å². The number of hydrogen-bond donors (Lipinski definition) is 2. The van der Waals surface area contributed by atoms with Crippen LogP contribution in [0.15, 0.2) is 36.5 Å². The third-order valence-corrected chi connectivity index (χ3v) is 5.15. The zero-order chi connectivity index (χ0) is 15.3. The Kier molecular flexibility index (Phi) is 2.98. The van der Waals surface area contributed by atoms with Crippen molar-refractivity contribution in [3.05, 3.63) is 42.1 Å². The molecule has 2 aromatic rings. The lowest BCUT2D eigenvalue weighted by molar-refractivity contribution is -0.124. The fourth-order valence-electron chi connectivity index (χ4n) is 3.91. The predicted molar refractivity (Wildman–Crippen MR) is 86.3 cm³/mol. The van der Waals surface area contributed by atoms with Crippen LogP contribution >= 0.6 is 0 Å². The molecular formula is C18H21N3O. The van der Waals surface area contributed by atoms with E-state index >= 15 is 0 Å². The molecule has 0 spiro atoms. The molecule has 0 radical (unpaired) electrons. The van der Waals surface area contributed by atoms with Gasteiger partial charge < -0.3 is 10.6 Å². The third-order valence-electron chi connectivity index (χ3n) is 5.15. The zero-order valence-corrected chi connectivity index (χ0v) is 13.0. The number of pyridine rings is 1. The molecule has 1 amide bonds. The van der Waals surface area contributed by atoms with Gasteiger partial charge in [0.2, 0.25) is 5.91 Å². The summed E-state index contributed by atoms with van der Waals surface area (Å²) in [6.07, 6.45) is 1.82. The maximum Gasteiger partial charge on any atom is 0.224 e. The van der Waals surface area contributed by atoms with Crippen molar-refractivity contribution in [2.75, 3.05) is 13.1 Å². The largest absolute Gasteiger partial charge is 0.347 e. The summed E-state index contributed by atoms with van der Waals surface area (Å²) in [5.41, 5.74) is 1.69. The molecule has 114 valence electrons. The summed E-state index contributed by atoms with van der Waals surface area (Å²) < 4.78 is 0. The Morgan fingerprint density at radius 1 is 1.23 bits per heavy atom. The molecule has 4 heteroatoms. The van der Waals surface area contributed by atoms with Crippen LogP contribution < -0.4 is 10.6 Å². The van der Waals surface area contributed by atoms with E-state index < -0.39 is 5.54 Å². The number of nitrogens with zero attached hydrogens (tertiary/aromatic N) is 1. The van der Waals surface area contributed by atoms with Gasteiger partial charge in [-0.1, -0.05) is 18.2 Å². The van der Waals surface area contributed by atoms with E-state index in [-0.39, 0.29) is 11.8 Å². The second-order valence-electron chi connectivity index (χ2n) is 7.00. The number of rotatable bonds is 3. The highest BCUT2D eigenvalue weighted by atomic mass is 16.2. The minimum Gasteiger partial charge on any atom is -0.347 e. The fourth-order valence-corrected chi connectivity index (χ4v) is 3.91. The first kappa shape index (κ1) is 13.7. The average molecular weight is 295 g/mol. The van der Waals surface area contributed by atoms with E-state index in [0.29, 0.717) is 11.8 Å². The van der Waals surface area contributed by atoms with E-state index in [1.807, 2.05) is 30.5 Å². The van der Waals surface area contributed by atoms with Crippen molar-refractivity contribution in [2.45, 2.75) is 19.4 Å². The van der Waals surface area contributed by atoms with Crippen LogP contribution in [0.5, 0.6) is 0 Å². The summed E-state index contributed by atoms with van der Waals surface area (Å²) in [5, 5.41) is 7.70. The molecule has 2 aliphatic rings. The number of hydrogen-bond acceptors (Lipinski definition) is 3. The smallest absolute Gasteiger partial charge is 0.224 e. The maximum atomic E-state index is 12.6. The third kappa shape index (κ3) is 2.10. The van der Waals surface area contributed by atoms with Gasteiger partial charge in [-0.15, -0.1) is 0 Å². The first-order valence-electron chi connectivity index (χ1n) is 7.95. The van der Waals surface area contributed by atoms with Gasteiger partial charge in [0.1, 0.15) is 0 Å². The Balaban J connectivity index is 1.61. The molecule has 2 N–H and O–H groups in total. The Bertz CT molecular complexity index is 725. The predicted octanol–water partition coefficient (Wildman–Crippen LogP) is 2.05. The van der Waals surface area contributed by atoms with Gasteiger partial charge in [0.15, 0.2) is 0 Å². The number of nitrogens with one attached hydrogen (secondary N) is 2. The Labute approximate surface area is 130 Å². The molecule has 1 saturated heterocycles. The van der Waals surface area contributed by atoms with Crippen LogP contribution in [0.3, 0.4) is 0 Å². The standard InChI is InChI=1S/C18H21N3O/c1-18(2,21-17(22)16-12-9-19-10-13(12)16)14-7-8-20-15-6-4-3-5-11(14)15/h3-8,12-13,16,19H,9-10H2,1-2H3,(H,21,22)/t12-,13+,16+. The second kappa shape index (κ2) is 4.78. The number of piperidine rings is 1.